The lowest BCUT2D eigenvalue weighted by molar-refractivity contribution is 0.475. The van der Waals surface area contributed by atoms with Crippen LogP contribution in [0.2, 0.25) is 0 Å². The van der Waals surface area contributed by atoms with Crippen LogP contribution >= 0.6 is 0 Å². The van der Waals surface area contributed by atoms with Gasteiger partial charge in [0.2, 0.25) is 0 Å². The highest BCUT2D eigenvalue weighted by Crippen LogP contribution is 2.30. The first-order chi connectivity index (χ1) is 11.7. The summed E-state index contributed by atoms with van der Waals surface area (Å²) in [6.07, 6.45) is 1.48. The molecule has 0 spiro atoms. The van der Waals surface area contributed by atoms with Crippen LogP contribution in [-0.4, -0.2) is 20.8 Å². The number of anilines is 1. The lowest BCUT2D eigenvalue weighted by Gasteiger charge is -2.03. The smallest absolute Gasteiger partial charge is 0.197 e. The summed E-state index contributed by atoms with van der Waals surface area (Å²) >= 11 is 0. The van der Waals surface area contributed by atoms with E-state index in [-0.39, 0.29) is 5.75 Å². The SMILES string of the molecule is C/C(=N\Nc1ncnc2c1oc1ccccc12)c1ccc(O)cc1. The summed E-state index contributed by atoms with van der Waals surface area (Å²) in [7, 11) is 0. The molecule has 0 aliphatic carbocycles. The zero-order chi connectivity index (χ0) is 16.5. The van der Waals surface area contributed by atoms with Crippen LogP contribution in [0.4, 0.5) is 5.82 Å². The molecule has 0 unspecified atom stereocenters. The number of furan rings is 1. The minimum absolute atomic E-state index is 0.222. The number of phenolic OH excluding ortho intramolecular Hbond substituents is 1. The molecule has 118 valence electrons. The molecular formula is C18H14N4O2. The van der Waals surface area contributed by atoms with Gasteiger partial charge in [-0.25, -0.2) is 9.97 Å². The predicted molar refractivity (Wildman–Crippen MR) is 93.3 cm³/mol. The van der Waals surface area contributed by atoms with E-state index >= 15 is 0 Å². The van der Waals surface area contributed by atoms with Crippen LogP contribution in [0.3, 0.4) is 0 Å². The third kappa shape index (κ3) is 2.44. The highest BCUT2D eigenvalue weighted by molar-refractivity contribution is 6.05. The zero-order valence-electron chi connectivity index (χ0n) is 12.9. The molecule has 2 N–H and O–H groups in total. The first kappa shape index (κ1) is 14.2. The maximum absolute atomic E-state index is 9.35. The standard InChI is InChI=1S/C18H14N4O2/c1-11(12-6-8-13(23)9-7-12)21-22-18-17-16(19-10-20-18)14-4-2-3-5-15(14)24-17/h2-10,23H,1H3,(H,19,20,22)/b21-11+. The van der Waals surface area contributed by atoms with E-state index in [0.717, 1.165) is 27.8 Å². The first-order valence-electron chi connectivity index (χ1n) is 7.44. The fraction of sp³-hybridized carbons (Fsp3) is 0.0556. The molecule has 2 heterocycles. The average Bonchev–Trinajstić information content (AvgIpc) is 2.99. The summed E-state index contributed by atoms with van der Waals surface area (Å²) in [5.74, 6) is 0.730. The van der Waals surface area contributed by atoms with E-state index in [2.05, 4.69) is 20.5 Å². The molecule has 6 heteroatoms. The van der Waals surface area contributed by atoms with E-state index in [0.29, 0.717) is 11.4 Å². The van der Waals surface area contributed by atoms with E-state index in [1.165, 1.54) is 6.33 Å². The summed E-state index contributed by atoms with van der Waals surface area (Å²) in [4.78, 5) is 8.52. The zero-order valence-corrected chi connectivity index (χ0v) is 12.9. The van der Waals surface area contributed by atoms with Crippen molar-refractivity contribution in [2.45, 2.75) is 6.92 Å². The molecule has 2 aromatic carbocycles. The van der Waals surface area contributed by atoms with Crippen molar-refractivity contribution in [3.05, 3.63) is 60.4 Å². The van der Waals surface area contributed by atoms with Gasteiger partial charge < -0.3 is 9.52 Å². The van der Waals surface area contributed by atoms with E-state index in [4.69, 9.17) is 4.42 Å². The van der Waals surface area contributed by atoms with Crippen molar-refractivity contribution in [2.75, 3.05) is 5.43 Å². The number of benzene rings is 2. The summed E-state index contributed by atoms with van der Waals surface area (Å²) in [6.45, 7) is 1.87. The van der Waals surface area contributed by atoms with Gasteiger partial charge >= 0.3 is 0 Å². The van der Waals surface area contributed by atoms with E-state index < -0.39 is 0 Å². The molecule has 0 amide bonds. The van der Waals surface area contributed by atoms with Crippen LogP contribution < -0.4 is 5.43 Å². The van der Waals surface area contributed by atoms with Crippen LogP contribution in [-0.2, 0) is 0 Å². The molecule has 0 fully saturated rings. The molecule has 24 heavy (non-hydrogen) atoms. The Kier molecular flexibility index (Phi) is 3.35. The number of hydrazone groups is 1. The van der Waals surface area contributed by atoms with Crippen molar-refractivity contribution in [1.82, 2.24) is 9.97 Å². The van der Waals surface area contributed by atoms with Crippen LogP contribution in [0, 0.1) is 0 Å². The van der Waals surface area contributed by atoms with Crippen molar-refractivity contribution < 1.29 is 9.52 Å². The minimum atomic E-state index is 0.222. The molecule has 0 radical (unpaired) electrons. The van der Waals surface area contributed by atoms with Gasteiger partial charge in [0.25, 0.3) is 0 Å². The van der Waals surface area contributed by atoms with Gasteiger partial charge in [-0.1, -0.05) is 12.1 Å². The van der Waals surface area contributed by atoms with Crippen LogP contribution in [0.25, 0.3) is 22.1 Å². The highest BCUT2D eigenvalue weighted by Gasteiger charge is 2.12. The van der Waals surface area contributed by atoms with Gasteiger partial charge in [0.15, 0.2) is 11.4 Å². The molecule has 4 rings (SSSR count). The molecule has 6 nitrogen and oxygen atoms in total. The normalized spacial score (nSPS) is 12.0. The van der Waals surface area contributed by atoms with E-state index in [1.807, 2.05) is 31.2 Å². The van der Waals surface area contributed by atoms with Crippen LogP contribution in [0.15, 0.2) is 64.4 Å². The summed E-state index contributed by atoms with van der Waals surface area (Å²) in [5, 5.41) is 14.6. The molecular weight excluding hydrogens is 304 g/mol. The van der Waals surface area contributed by atoms with E-state index in [1.54, 1.807) is 24.3 Å². The monoisotopic (exact) mass is 318 g/mol. The van der Waals surface area contributed by atoms with Gasteiger partial charge in [0.1, 0.15) is 23.2 Å². The van der Waals surface area contributed by atoms with Gasteiger partial charge in [0.05, 0.1) is 5.71 Å². The van der Waals surface area contributed by atoms with Gasteiger partial charge in [-0.15, -0.1) is 0 Å². The fourth-order valence-corrected chi connectivity index (χ4v) is 2.51. The number of hydrogen-bond acceptors (Lipinski definition) is 6. The van der Waals surface area contributed by atoms with Crippen molar-refractivity contribution in [3.63, 3.8) is 0 Å². The summed E-state index contributed by atoms with van der Waals surface area (Å²) in [5.41, 5.74) is 6.68. The Hall–Kier alpha value is -3.41. The van der Waals surface area contributed by atoms with E-state index in [9.17, 15) is 5.11 Å². The van der Waals surface area contributed by atoms with Crippen LogP contribution in [0.1, 0.15) is 12.5 Å². The van der Waals surface area contributed by atoms with Crippen molar-refractivity contribution in [2.24, 2.45) is 5.10 Å². The molecule has 0 aliphatic rings. The van der Waals surface area contributed by atoms with Crippen molar-refractivity contribution >= 4 is 33.6 Å². The third-order valence-electron chi connectivity index (χ3n) is 3.77. The number of nitrogens with zero attached hydrogens (tertiary/aromatic N) is 3. The largest absolute Gasteiger partial charge is 0.508 e. The molecule has 4 aromatic rings. The number of hydrogen-bond donors (Lipinski definition) is 2. The highest BCUT2D eigenvalue weighted by atomic mass is 16.3. The molecule has 0 saturated carbocycles. The number of fused-ring (bicyclic) bond motifs is 3. The summed E-state index contributed by atoms with van der Waals surface area (Å²) in [6, 6.07) is 14.6. The van der Waals surface area contributed by atoms with Gasteiger partial charge in [0, 0.05) is 5.39 Å². The predicted octanol–water partition coefficient (Wildman–Crippen LogP) is 3.92. The van der Waals surface area contributed by atoms with Crippen molar-refractivity contribution in [3.8, 4) is 5.75 Å². The third-order valence-corrected chi connectivity index (χ3v) is 3.77. The van der Waals surface area contributed by atoms with Crippen molar-refractivity contribution in [1.29, 1.82) is 0 Å². The fourth-order valence-electron chi connectivity index (χ4n) is 2.51. The molecule has 0 saturated heterocycles. The Labute approximate surface area is 137 Å². The maximum Gasteiger partial charge on any atom is 0.197 e. The topological polar surface area (TPSA) is 83.5 Å². The number of phenols is 1. The molecule has 0 aliphatic heterocycles. The van der Waals surface area contributed by atoms with Gasteiger partial charge in [-0.05, 0) is 48.9 Å². The Balaban J connectivity index is 1.72. The number of para-hydroxylation sites is 1. The maximum atomic E-state index is 9.35. The molecule has 0 atom stereocenters. The Morgan fingerprint density at radius 1 is 1.08 bits per heavy atom. The second-order valence-electron chi connectivity index (χ2n) is 5.35. The second-order valence-corrected chi connectivity index (χ2v) is 5.35. The number of nitrogens with one attached hydrogen (secondary N) is 1. The van der Waals surface area contributed by atoms with Gasteiger partial charge in [-0.2, -0.15) is 5.10 Å². The van der Waals surface area contributed by atoms with Gasteiger partial charge in [-0.3, -0.25) is 5.43 Å². The number of aromatic hydroxyl groups is 1. The van der Waals surface area contributed by atoms with Crippen LogP contribution in [0.5, 0.6) is 5.75 Å². The summed E-state index contributed by atoms with van der Waals surface area (Å²) < 4.78 is 5.85. The Morgan fingerprint density at radius 2 is 1.88 bits per heavy atom. The Morgan fingerprint density at radius 3 is 2.71 bits per heavy atom. The minimum Gasteiger partial charge on any atom is -0.508 e. The molecule has 0 bridgehead atoms. The molecule has 2 aromatic heterocycles. The lowest BCUT2D eigenvalue weighted by atomic mass is 10.1. The first-order valence-corrected chi connectivity index (χ1v) is 7.44. The lowest BCUT2D eigenvalue weighted by Crippen LogP contribution is -2.01. The number of rotatable bonds is 3. The average molecular weight is 318 g/mol. The quantitative estimate of drug-likeness (QED) is 0.442. The second kappa shape index (κ2) is 5.66. The Bertz CT molecular complexity index is 1050. The number of aromatic nitrogens is 2.